The molecule has 0 aliphatic carbocycles. The Morgan fingerprint density at radius 2 is 1.74 bits per heavy atom. The van der Waals surface area contributed by atoms with Gasteiger partial charge < -0.3 is 14.8 Å². The van der Waals surface area contributed by atoms with Gasteiger partial charge in [0, 0.05) is 25.6 Å². The number of carbonyl (C=O) groups is 1. The first-order chi connectivity index (χ1) is 14.8. The fourth-order valence-electron chi connectivity index (χ4n) is 3.70. The molecule has 2 aliphatic heterocycles. The molecule has 1 fully saturated rings. The number of halogens is 2. The first-order valence-corrected chi connectivity index (χ1v) is 11.4. The highest BCUT2D eigenvalue weighted by Gasteiger charge is 2.33. The van der Waals surface area contributed by atoms with Crippen molar-refractivity contribution in [2.45, 2.75) is 24.3 Å². The van der Waals surface area contributed by atoms with Gasteiger partial charge in [-0.1, -0.05) is 6.07 Å². The van der Waals surface area contributed by atoms with E-state index in [2.05, 4.69) is 5.32 Å². The lowest BCUT2D eigenvalue weighted by atomic mass is 9.97. The maximum atomic E-state index is 13.9. The summed E-state index contributed by atoms with van der Waals surface area (Å²) < 4.78 is 64.8. The quantitative estimate of drug-likeness (QED) is 0.754. The molecule has 1 saturated heterocycles. The van der Waals surface area contributed by atoms with E-state index in [-0.39, 0.29) is 24.9 Å². The fourth-order valence-corrected chi connectivity index (χ4v) is 5.25. The fraction of sp³-hybridized carbons (Fsp3) is 0.381. The summed E-state index contributed by atoms with van der Waals surface area (Å²) >= 11 is 0. The molecule has 166 valence electrons. The minimum absolute atomic E-state index is 0.0559. The Bertz CT molecular complexity index is 1090. The second kappa shape index (κ2) is 8.80. The number of nitrogens with one attached hydrogen (secondary N) is 1. The number of hydrogen-bond donors (Lipinski definition) is 1. The summed E-state index contributed by atoms with van der Waals surface area (Å²) in [6.07, 6.45) is 0.590. The molecule has 2 aromatic carbocycles. The molecule has 4 rings (SSSR count). The van der Waals surface area contributed by atoms with Crippen molar-refractivity contribution in [3.05, 3.63) is 53.6 Å². The molecule has 7 nitrogen and oxygen atoms in total. The summed E-state index contributed by atoms with van der Waals surface area (Å²) in [4.78, 5) is 11.9. The van der Waals surface area contributed by atoms with Crippen LogP contribution in [-0.2, 0) is 21.4 Å². The van der Waals surface area contributed by atoms with Gasteiger partial charge in [0.15, 0.2) is 11.5 Å². The van der Waals surface area contributed by atoms with Crippen LogP contribution in [0.3, 0.4) is 0 Å². The van der Waals surface area contributed by atoms with Crippen LogP contribution in [0.25, 0.3) is 0 Å². The van der Waals surface area contributed by atoms with Crippen molar-refractivity contribution in [1.29, 1.82) is 0 Å². The molecule has 2 aliphatic rings. The molecular formula is C21H22F2N2O5S. The van der Waals surface area contributed by atoms with Crippen LogP contribution in [0.2, 0.25) is 0 Å². The Morgan fingerprint density at radius 1 is 1.03 bits per heavy atom. The van der Waals surface area contributed by atoms with Gasteiger partial charge >= 0.3 is 0 Å². The minimum Gasteiger partial charge on any atom is -0.486 e. The van der Waals surface area contributed by atoms with Crippen LogP contribution in [0.4, 0.5) is 8.78 Å². The van der Waals surface area contributed by atoms with Crippen molar-refractivity contribution in [3.63, 3.8) is 0 Å². The van der Waals surface area contributed by atoms with Gasteiger partial charge in [-0.05, 0) is 48.7 Å². The largest absolute Gasteiger partial charge is 0.486 e. The zero-order valence-electron chi connectivity index (χ0n) is 16.6. The number of piperidine rings is 1. The molecule has 10 heteroatoms. The van der Waals surface area contributed by atoms with Crippen LogP contribution in [0.5, 0.6) is 11.5 Å². The van der Waals surface area contributed by atoms with Crippen LogP contribution in [0.1, 0.15) is 18.4 Å². The van der Waals surface area contributed by atoms with E-state index in [4.69, 9.17) is 9.47 Å². The number of fused-ring (bicyclic) bond motifs is 1. The van der Waals surface area contributed by atoms with Crippen LogP contribution in [0, 0.1) is 17.6 Å². The Morgan fingerprint density at radius 3 is 2.48 bits per heavy atom. The Balaban J connectivity index is 1.33. The molecule has 1 amide bonds. The van der Waals surface area contributed by atoms with Crippen LogP contribution >= 0.6 is 0 Å². The standard InChI is InChI=1S/C21H22F2N2O5S/c22-16-2-3-17(23)20(12-16)31(27,28)25-7-5-15(6-8-25)21(26)24-13-14-1-4-18-19(11-14)30-10-9-29-18/h1-4,11-12,15H,5-10,13H2,(H,24,26). The normalized spacial score (nSPS) is 17.4. The average molecular weight is 452 g/mol. The maximum Gasteiger partial charge on any atom is 0.246 e. The Hall–Kier alpha value is -2.72. The minimum atomic E-state index is -4.17. The molecule has 0 bridgehead atoms. The second-order valence-electron chi connectivity index (χ2n) is 7.45. The van der Waals surface area contributed by atoms with Gasteiger partial charge in [-0.3, -0.25) is 4.79 Å². The highest BCUT2D eigenvalue weighted by Crippen LogP contribution is 2.31. The number of nitrogens with zero attached hydrogens (tertiary/aromatic N) is 1. The third-order valence-electron chi connectivity index (χ3n) is 5.41. The van der Waals surface area contributed by atoms with Crippen LogP contribution < -0.4 is 14.8 Å². The Labute approximate surface area is 179 Å². The van der Waals surface area contributed by atoms with Crippen molar-refractivity contribution in [1.82, 2.24) is 9.62 Å². The van der Waals surface area contributed by atoms with Gasteiger partial charge in [0.2, 0.25) is 15.9 Å². The summed E-state index contributed by atoms with van der Waals surface area (Å²) in [5.41, 5.74) is 0.860. The molecule has 0 saturated carbocycles. The highest BCUT2D eigenvalue weighted by molar-refractivity contribution is 7.89. The number of rotatable bonds is 5. The molecular weight excluding hydrogens is 430 g/mol. The van der Waals surface area contributed by atoms with E-state index in [1.165, 1.54) is 0 Å². The van der Waals surface area contributed by atoms with E-state index < -0.39 is 26.6 Å². The average Bonchev–Trinajstić information content (AvgIpc) is 2.79. The van der Waals surface area contributed by atoms with Crippen molar-refractivity contribution >= 4 is 15.9 Å². The number of ether oxygens (including phenoxy) is 2. The molecule has 1 N–H and O–H groups in total. The number of carbonyl (C=O) groups excluding carboxylic acids is 1. The van der Waals surface area contributed by atoms with Crippen molar-refractivity contribution in [2.75, 3.05) is 26.3 Å². The molecule has 2 aromatic rings. The van der Waals surface area contributed by atoms with Crippen molar-refractivity contribution in [3.8, 4) is 11.5 Å². The van der Waals surface area contributed by atoms with E-state index in [9.17, 15) is 22.0 Å². The van der Waals surface area contributed by atoms with Gasteiger partial charge in [0.1, 0.15) is 29.7 Å². The number of benzene rings is 2. The molecule has 0 radical (unpaired) electrons. The lowest BCUT2D eigenvalue weighted by Gasteiger charge is -2.30. The molecule has 2 heterocycles. The predicted octanol–water partition coefficient (Wildman–Crippen LogP) is 2.45. The summed E-state index contributed by atoms with van der Waals surface area (Å²) in [5.74, 6) is -1.05. The van der Waals surface area contributed by atoms with E-state index >= 15 is 0 Å². The molecule has 31 heavy (non-hydrogen) atoms. The maximum absolute atomic E-state index is 13.9. The summed E-state index contributed by atoms with van der Waals surface area (Å²) in [5, 5.41) is 2.86. The number of sulfonamides is 1. The number of amides is 1. The van der Waals surface area contributed by atoms with Gasteiger partial charge in [0.25, 0.3) is 0 Å². The second-order valence-corrected chi connectivity index (χ2v) is 9.36. The van der Waals surface area contributed by atoms with E-state index in [1.54, 1.807) is 6.07 Å². The van der Waals surface area contributed by atoms with E-state index in [0.29, 0.717) is 50.2 Å². The van der Waals surface area contributed by atoms with Gasteiger partial charge in [-0.2, -0.15) is 4.31 Å². The third kappa shape index (κ3) is 4.64. The first-order valence-electron chi connectivity index (χ1n) is 9.96. The molecule has 0 unspecified atom stereocenters. The van der Waals surface area contributed by atoms with Gasteiger partial charge in [-0.15, -0.1) is 0 Å². The SMILES string of the molecule is O=C(NCc1ccc2c(c1)OCCO2)C1CCN(S(=O)(=O)c2cc(F)ccc2F)CC1. The van der Waals surface area contributed by atoms with Crippen molar-refractivity contribution < 1.29 is 31.5 Å². The summed E-state index contributed by atoms with van der Waals surface area (Å²) in [7, 11) is -4.17. The smallest absolute Gasteiger partial charge is 0.246 e. The lowest BCUT2D eigenvalue weighted by Crippen LogP contribution is -2.43. The lowest BCUT2D eigenvalue weighted by molar-refractivity contribution is -0.126. The Kier molecular flexibility index (Phi) is 6.10. The monoisotopic (exact) mass is 452 g/mol. The van der Waals surface area contributed by atoms with Gasteiger partial charge in [0.05, 0.1) is 0 Å². The summed E-state index contributed by atoms with van der Waals surface area (Å²) in [6, 6.07) is 7.79. The zero-order valence-corrected chi connectivity index (χ0v) is 17.5. The predicted molar refractivity (Wildman–Crippen MR) is 107 cm³/mol. The molecule has 0 atom stereocenters. The third-order valence-corrected chi connectivity index (χ3v) is 7.32. The van der Waals surface area contributed by atoms with Gasteiger partial charge in [-0.25, -0.2) is 17.2 Å². The first kappa shape index (κ1) is 21.5. The van der Waals surface area contributed by atoms with E-state index in [0.717, 1.165) is 22.0 Å². The number of hydrogen-bond acceptors (Lipinski definition) is 5. The topological polar surface area (TPSA) is 84.9 Å². The summed E-state index contributed by atoms with van der Waals surface area (Å²) in [6.45, 7) is 1.40. The van der Waals surface area contributed by atoms with Crippen molar-refractivity contribution in [2.24, 2.45) is 5.92 Å². The van der Waals surface area contributed by atoms with Crippen LogP contribution in [-0.4, -0.2) is 44.9 Å². The highest BCUT2D eigenvalue weighted by atomic mass is 32.2. The molecule has 0 spiro atoms. The zero-order chi connectivity index (χ0) is 22.0. The molecule has 0 aromatic heterocycles. The van der Waals surface area contributed by atoms with Crippen LogP contribution in [0.15, 0.2) is 41.3 Å². The van der Waals surface area contributed by atoms with E-state index in [1.807, 2.05) is 12.1 Å².